The van der Waals surface area contributed by atoms with E-state index in [-0.39, 0.29) is 0 Å². The van der Waals surface area contributed by atoms with E-state index in [1.165, 1.54) is 19.0 Å². The molecule has 8 nitrogen and oxygen atoms in total. The molecule has 5 saturated heterocycles. The van der Waals surface area contributed by atoms with Crippen molar-refractivity contribution in [2.24, 2.45) is 0 Å². The summed E-state index contributed by atoms with van der Waals surface area (Å²) < 4.78 is 42.8. The zero-order valence-corrected chi connectivity index (χ0v) is 15.3. The minimum Gasteiger partial charge on any atom is -0.453 e. The van der Waals surface area contributed by atoms with Crippen molar-refractivity contribution < 1.29 is 27.8 Å². The third-order valence-corrected chi connectivity index (χ3v) is 24.7. The van der Waals surface area contributed by atoms with Gasteiger partial charge >= 0.3 is 62.1 Å². The van der Waals surface area contributed by atoms with E-state index in [1.807, 2.05) is 0 Å². The van der Waals surface area contributed by atoms with Gasteiger partial charge in [-0.15, -0.1) is 20.8 Å². The van der Waals surface area contributed by atoms with Crippen LogP contribution in [0.3, 0.4) is 0 Å². The molecule has 0 radical (unpaired) electrons. The van der Waals surface area contributed by atoms with Crippen LogP contribution in [0.15, 0.2) is 0 Å². The average Bonchev–Trinajstić information content (AvgIpc) is 1.99. The molecule has 0 aromatic heterocycles. The molecule has 0 unspecified atom stereocenters. The molecule has 16 heteroatoms. The highest BCUT2D eigenvalue weighted by molar-refractivity contribution is 9.10. The number of thiol groups is 1. The van der Waals surface area contributed by atoms with Gasteiger partial charge in [0.25, 0.3) is 0 Å². The summed E-state index contributed by atoms with van der Waals surface area (Å²) in [5.74, 6) is 0. The number of hydrogen-bond donors (Lipinski definition) is 1. The van der Waals surface area contributed by atoms with E-state index in [9.17, 15) is 0 Å². The zero-order chi connectivity index (χ0) is 10.8. The molecule has 0 amide bonds. The topological polar surface area (TPSA) is 73.8 Å². The molecule has 5 rings (SSSR count). The maximum atomic E-state index is 5.47. The lowest BCUT2D eigenvalue weighted by atomic mass is 15.4. The van der Waals surface area contributed by atoms with Crippen LogP contribution >= 0.6 is 30.6 Å². The second-order valence-electron chi connectivity index (χ2n) is 2.98. The predicted molar refractivity (Wildman–Crippen MR) is 61.6 cm³/mol. The molecule has 5 heterocycles. The van der Waals surface area contributed by atoms with E-state index >= 15 is 0 Å². The third-order valence-electron chi connectivity index (χ3n) is 2.05. The van der Waals surface area contributed by atoms with Gasteiger partial charge in [-0.2, -0.15) is 0 Å². The van der Waals surface area contributed by atoms with E-state index < -0.39 is 62.1 Å². The van der Waals surface area contributed by atoms with Gasteiger partial charge in [0.05, 0.1) is 0 Å². The Morgan fingerprint density at radius 1 is 1.00 bits per heavy atom. The van der Waals surface area contributed by atoms with Gasteiger partial charge in [-0.3, -0.25) is 0 Å². The van der Waals surface area contributed by atoms with Crippen LogP contribution < -0.4 is 0 Å². The molecule has 2 bridgehead atoms. The first kappa shape index (κ1) is 12.5. The molecule has 5 aliphatic heterocycles. The highest BCUT2D eigenvalue weighted by atomic mass is 33.5. The van der Waals surface area contributed by atoms with E-state index in [0.29, 0.717) is 0 Å². The van der Waals surface area contributed by atoms with E-state index in [2.05, 4.69) is 11.7 Å². The molecule has 0 saturated carbocycles. The Bertz CT molecular complexity index is 301. The number of hydrogen-bond acceptors (Lipinski definition) is 11. The van der Waals surface area contributed by atoms with Crippen LogP contribution in [0.5, 0.6) is 0 Å². The van der Waals surface area contributed by atoms with Crippen molar-refractivity contribution in [3.63, 3.8) is 0 Å². The fourth-order valence-corrected chi connectivity index (χ4v) is 23.6. The average molecular weight is 362 g/mol. The Hall–Kier alpha value is 2.76. The highest BCUT2D eigenvalue weighted by Crippen LogP contribution is 2.45. The molecule has 5 aliphatic rings. The van der Waals surface area contributed by atoms with Crippen LogP contribution in [0.2, 0.25) is 0 Å². The largest absolute Gasteiger partial charge is 0.885 e. The summed E-state index contributed by atoms with van der Waals surface area (Å²) in [7, 11) is -2.63. The van der Waals surface area contributed by atoms with E-state index in [1.54, 1.807) is 0 Å². The Morgan fingerprint density at radius 2 is 1.69 bits per heavy atom. The Kier molecular flexibility index (Phi) is 3.42. The van der Waals surface area contributed by atoms with Crippen molar-refractivity contribution in [1.29, 1.82) is 0 Å². The van der Waals surface area contributed by atoms with E-state index in [0.717, 1.165) is 0 Å². The van der Waals surface area contributed by atoms with Crippen LogP contribution in [-0.2, 0) is 27.8 Å². The normalized spacial score (nSPS) is 31.7. The van der Waals surface area contributed by atoms with Crippen molar-refractivity contribution in [3.05, 3.63) is 0 Å². The molecule has 5 fully saturated rings. The standard InChI is InChI=1S/3Al.2O4Si.H2S3/c;;;2*1-5(2,3)4;1-3-2/h;;;;;1-2H/q3*+3;2*-4;/p-1. The Morgan fingerprint density at radius 3 is 2.19 bits per heavy atom. The number of rotatable bonds is 4. The summed E-state index contributed by atoms with van der Waals surface area (Å²) in [6.45, 7) is 0. The second kappa shape index (κ2) is 4.38. The molecule has 0 N–H and O–H groups in total. The summed E-state index contributed by atoms with van der Waals surface area (Å²) >= 11 is -1.55. The first-order valence-electron chi connectivity index (χ1n) is 4.10. The molecular weight excluding hydrogens is 361 g/mol. The third kappa shape index (κ3) is 1.99. The van der Waals surface area contributed by atoms with Gasteiger partial charge in [-0.05, 0) is 9.83 Å². The molecule has 1 spiro atoms. The lowest BCUT2D eigenvalue weighted by Crippen LogP contribution is -2.85. The molecule has 16 heavy (non-hydrogen) atoms. The fraction of sp³-hybridized carbons (Fsp3) is 0. The molecular formula is HAl3O8S3Si2. The van der Waals surface area contributed by atoms with Gasteiger partial charge in [-0.1, -0.05) is 0 Å². The van der Waals surface area contributed by atoms with Crippen molar-refractivity contribution >= 4 is 92.7 Å². The second-order valence-corrected chi connectivity index (χ2v) is 19.8. The quantitative estimate of drug-likeness (QED) is 0.391. The summed E-state index contributed by atoms with van der Waals surface area (Å²) in [4.78, 5) is 0. The van der Waals surface area contributed by atoms with Crippen LogP contribution in [-0.4, -0.2) is 62.1 Å². The summed E-state index contributed by atoms with van der Waals surface area (Å²) in [6, 6.07) is 0. The zero-order valence-electron chi connectivity index (χ0n) is 7.26. The van der Waals surface area contributed by atoms with Gasteiger partial charge in [0.1, 0.15) is 0 Å². The van der Waals surface area contributed by atoms with Gasteiger partial charge in [0.15, 0.2) is 0 Å². The smallest absolute Gasteiger partial charge is 0.453 e. The van der Waals surface area contributed by atoms with Crippen molar-refractivity contribution in [2.45, 2.75) is 0 Å². The minimum atomic E-state index is -2.73. The van der Waals surface area contributed by atoms with Crippen LogP contribution in [0, 0.1) is 0 Å². The lowest BCUT2D eigenvalue weighted by Gasteiger charge is -2.56. The van der Waals surface area contributed by atoms with Crippen LogP contribution in [0.25, 0.3) is 0 Å². The molecule has 84 valence electrons. The van der Waals surface area contributed by atoms with Gasteiger partial charge in [-0.25, -0.2) is 0 Å². The Labute approximate surface area is 119 Å². The first-order valence-corrected chi connectivity index (χ1v) is 15.8. The molecule has 0 atom stereocenters. The maximum Gasteiger partial charge on any atom is 0.885 e. The predicted octanol–water partition coefficient (Wildman–Crippen LogP) is -0.774. The van der Waals surface area contributed by atoms with Crippen molar-refractivity contribution in [1.82, 2.24) is 0 Å². The van der Waals surface area contributed by atoms with Gasteiger partial charge in [0.2, 0.25) is 0 Å². The SMILES string of the molecule is SS[S][Al]1[O][Si]2([O][Al]([O][Si]34[O][Al]([O]3)[O]4)[O]2)[O]1. The molecule has 0 aliphatic carbocycles. The summed E-state index contributed by atoms with van der Waals surface area (Å²) in [6.07, 6.45) is 0. The molecule has 0 aromatic rings. The highest BCUT2D eigenvalue weighted by Gasteiger charge is 2.83. The van der Waals surface area contributed by atoms with Gasteiger partial charge < -0.3 is 27.8 Å². The maximum absolute atomic E-state index is 5.47. The summed E-state index contributed by atoms with van der Waals surface area (Å²) in [5, 5.41) is 0. The lowest BCUT2D eigenvalue weighted by molar-refractivity contribution is -0.0859. The van der Waals surface area contributed by atoms with Gasteiger partial charge in [0, 0.05) is 0 Å². The molecule has 0 aromatic carbocycles. The Balaban J connectivity index is 1.23. The monoisotopic (exact) mass is 362 g/mol. The van der Waals surface area contributed by atoms with Crippen LogP contribution in [0.4, 0.5) is 0 Å². The summed E-state index contributed by atoms with van der Waals surface area (Å²) in [5.41, 5.74) is 0. The van der Waals surface area contributed by atoms with Crippen LogP contribution in [0.1, 0.15) is 0 Å². The van der Waals surface area contributed by atoms with Crippen molar-refractivity contribution in [3.8, 4) is 0 Å². The first-order chi connectivity index (χ1) is 7.71. The fourth-order valence-electron chi connectivity index (χ4n) is 1.30. The van der Waals surface area contributed by atoms with E-state index in [4.69, 9.17) is 27.8 Å². The minimum absolute atomic E-state index is 1.32. The van der Waals surface area contributed by atoms with Crippen molar-refractivity contribution in [2.75, 3.05) is 0 Å².